The van der Waals surface area contributed by atoms with Crippen LogP contribution in [0.15, 0.2) is 84.0 Å². The Balaban J connectivity index is 1.44. The van der Waals surface area contributed by atoms with Gasteiger partial charge in [0.05, 0.1) is 11.3 Å². The standard InChI is InChI=1S/C24H23N3O2S/c1-17(2)30-22-11-4-3-10-21(22)24(28)26-18-8-7-9-20(14-18)29-16-19-15-27-13-6-5-12-23(27)25-19/h3-15,17H,16H2,1-2H3,(H,26,28). The molecule has 1 amide bonds. The fraction of sp³-hybridized carbons (Fsp3) is 0.167. The number of nitrogens with zero attached hydrogens (tertiary/aromatic N) is 2. The highest BCUT2D eigenvalue weighted by Crippen LogP contribution is 2.27. The smallest absolute Gasteiger partial charge is 0.256 e. The highest BCUT2D eigenvalue weighted by atomic mass is 32.2. The number of benzene rings is 2. The lowest BCUT2D eigenvalue weighted by Gasteiger charge is -2.12. The van der Waals surface area contributed by atoms with E-state index in [1.807, 2.05) is 83.5 Å². The Hall–Kier alpha value is -3.25. The lowest BCUT2D eigenvalue weighted by atomic mass is 10.2. The third kappa shape index (κ3) is 4.83. The number of pyridine rings is 1. The van der Waals surface area contributed by atoms with Crippen molar-refractivity contribution in [3.63, 3.8) is 0 Å². The van der Waals surface area contributed by atoms with Crippen LogP contribution in [0.5, 0.6) is 5.75 Å². The maximum absolute atomic E-state index is 12.8. The lowest BCUT2D eigenvalue weighted by Crippen LogP contribution is -2.13. The number of anilines is 1. The van der Waals surface area contributed by atoms with Crippen LogP contribution in [-0.2, 0) is 6.61 Å². The Labute approximate surface area is 180 Å². The van der Waals surface area contributed by atoms with Gasteiger partial charge in [-0.2, -0.15) is 0 Å². The van der Waals surface area contributed by atoms with Crippen molar-refractivity contribution >= 4 is 29.0 Å². The van der Waals surface area contributed by atoms with Gasteiger partial charge in [0, 0.05) is 34.3 Å². The zero-order valence-corrected chi connectivity index (χ0v) is 17.7. The van der Waals surface area contributed by atoms with Crippen molar-refractivity contribution in [2.45, 2.75) is 30.6 Å². The number of aromatic nitrogens is 2. The number of ether oxygens (including phenoxy) is 1. The molecule has 0 radical (unpaired) electrons. The van der Waals surface area contributed by atoms with Crippen LogP contribution in [0.2, 0.25) is 0 Å². The predicted octanol–water partition coefficient (Wildman–Crippen LogP) is 5.67. The van der Waals surface area contributed by atoms with Gasteiger partial charge in [-0.1, -0.05) is 38.1 Å². The van der Waals surface area contributed by atoms with E-state index in [9.17, 15) is 4.79 Å². The number of rotatable bonds is 7. The summed E-state index contributed by atoms with van der Waals surface area (Å²) in [6.45, 7) is 4.58. The maximum atomic E-state index is 12.8. The number of carbonyl (C=O) groups excluding carboxylic acids is 1. The second kappa shape index (κ2) is 9.05. The molecule has 152 valence electrons. The van der Waals surface area contributed by atoms with Gasteiger partial charge in [0.2, 0.25) is 0 Å². The number of nitrogens with one attached hydrogen (secondary N) is 1. The molecule has 0 spiro atoms. The Morgan fingerprint density at radius 3 is 2.77 bits per heavy atom. The Morgan fingerprint density at radius 1 is 1.10 bits per heavy atom. The SMILES string of the molecule is CC(C)Sc1ccccc1C(=O)Nc1cccc(OCc2cn3ccccc3n2)c1. The number of hydrogen-bond donors (Lipinski definition) is 1. The van der Waals surface area contributed by atoms with Crippen molar-refractivity contribution in [2.75, 3.05) is 5.32 Å². The van der Waals surface area contributed by atoms with Crippen LogP contribution in [0.4, 0.5) is 5.69 Å². The normalized spacial score (nSPS) is 11.0. The molecule has 0 atom stereocenters. The van der Waals surface area contributed by atoms with Crippen molar-refractivity contribution in [3.05, 3.63) is 90.4 Å². The van der Waals surface area contributed by atoms with Gasteiger partial charge in [0.1, 0.15) is 18.0 Å². The van der Waals surface area contributed by atoms with E-state index in [1.54, 1.807) is 11.8 Å². The van der Waals surface area contributed by atoms with Crippen molar-refractivity contribution in [1.82, 2.24) is 9.38 Å². The van der Waals surface area contributed by atoms with E-state index in [0.29, 0.717) is 28.9 Å². The molecule has 5 nitrogen and oxygen atoms in total. The molecule has 4 rings (SSSR count). The van der Waals surface area contributed by atoms with E-state index in [2.05, 4.69) is 24.1 Å². The minimum atomic E-state index is -0.128. The molecular formula is C24H23N3O2S. The number of thioether (sulfide) groups is 1. The molecule has 0 fully saturated rings. The molecule has 0 bridgehead atoms. The molecule has 0 saturated heterocycles. The molecule has 0 aliphatic carbocycles. The topological polar surface area (TPSA) is 55.6 Å². The summed E-state index contributed by atoms with van der Waals surface area (Å²) >= 11 is 1.68. The summed E-state index contributed by atoms with van der Waals surface area (Å²) in [7, 11) is 0. The zero-order valence-electron chi connectivity index (χ0n) is 16.9. The van der Waals surface area contributed by atoms with Crippen molar-refractivity contribution in [3.8, 4) is 5.75 Å². The van der Waals surface area contributed by atoms with Crippen molar-refractivity contribution in [2.24, 2.45) is 0 Å². The molecule has 6 heteroatoms. The summed E-state index contributed by atoms with van der Waals surface area (Å²) in [5.74, 6) is 0.547. The van der Waals surface area contributed by atoms with E-state index in [4.69, 9.17) is 4.74 Å². The summed E-state index contributed by atoms with van der Waals surface area (Å²) in [6, 6.07) is 21.0. The highest BCUT2D eigenvalue weighted by Gasteiger charge is 2.13. The summed E-state index contributed by atoms with van der Waals surface area (Å²) < 4.78 is 7.85. The van der Waals surface area contributed by atoms with Crippen LogP contribution in [0, 0.1) is 0 Å². The van der Waals surface area contributed by atoms with Gasteiger partial charge < -0.3 is 14.5 Å². The molecule has 0 unspecified atom stereocenters. The molecule has 0 saturated carbocycles. The summed E-state index contributed by atoms with van der Waals surface area (Å²) in [4.78, 5) is 18.3. The first kappa shape index (κ1) is 20.0. The number of hydrogen-bond acceptors (Lipinski definition) is 4. The minimum Gasteiger partial charge on any atom is -0.487 e. The van der Waals surface area contributed by atoms with E-state index < -0.39 is 0 Å². The fourth-order valence-corrected chi connectivity index (χ4v) is 4.04. The highest BCUT2D eigenvalue weighted by molar-refractivity contribution is 8.00. The third-order valence-corrected chi connectivity index (χ3v) is 5.47. The van der Waals surface area contributed by atoms with Crippen LogP contribution >= 0.6 is 11.8 Å². The molecule has 2 aromatic heterocycles. The van der Waals surface area contributed by atoms with Gasteiger partial charge in [-0.25, -0.2) is 4.98 Å². The van der Waals surface area contributed by atoms with E-state index in [1.165, 1.54) is 0 Å². The van der Waals surface area contributed by atoms with Crippen LogP contribution in [0.25, 0.3) is 5.65 Å². The zero-order chi connectivity index (χ0) is 20.9. The average Bonchev–Trinajstić information content (AvgIpc) is 3.15. The first-order valence-corrected chi connectivity index (χ1v) is 10.7. The first-order valence-electron chi connectivity index (χ1n) is 9.81. The summed E-state index contributed by atoms with van der Waals surface area (Å²) in [5.41, 5.74) is 3.09. The fourth-order valence-electron chi connectivity index (χ4n) is 3.09. The van der Waals surface area contributed by atoms with Crippen molar-refractivity contribution in [1.29, 1.82) is 0 Å². The Bertz CT molecular complexity index is 1140. The second-order valence-corrected chi connectivity index (χ2v) is 8.75. The Kier molecular flexibility index (Phi) is 6.05. The van der Waals surface area contributed by atoms with Crippen molar-refractivity contribution < 1.29 is 9.53 Å². The predicted molar refractivity (Wildman–Crippen MR) is 121 cm³/mol. The number of amides is 1. The number of carbonyl (C=O) groups is 1. The Morgan fingerprint density at radius 2 is 1.93 bits per heavy atom. The van der Waals surface area contributed by atoms with Gasteiger partial charge in [-0.15, -0.1) is 11.8 Å². The summed E-state index contributed by atoms with van der Waals surface area (Å²) in [6.07, 6.45) is 3.90. The second-order valence-electron chi connectivity index (χ2n) is 7.13. The number of imidazole rings is 1. The molecule has 4 aromatic rings. The monoisotopic (exact) mass is 417 g/mol. The van der Waals surface area contributed by atoms with Crippen LogP contribution in [0.1, 0.15) is 29.9 Å². The molecule has 30 heavy (non-hydrogen) atoms. The van der Waals surface area contributed by atoms with Gasteiger partial charge >= 0.3 is 0 Å². The quantitative estimate of drug-likeness (QED) is 0.394. The largest absolute Gasteiger partial charge is 0.487 e. The van der Waals surface area contributed by atoms with E-state index >= 15 is 0 Å². The number of fused-ring (bicyclic) bond motifs is 1. The van der Waals surface area contributed by atoms with Crippen LogP contribution < -0.4 is 10.1 Å². The van der Waals surface area contributed by atoms with Crippen LogP contribution in [0.3, 0.4) is 0 Å². The van der Waals surface area contributed by atoms with Crippen LogP contribution in [-0.4, -0.2) is 20.5 Å². The third-order valence-electron chi connectivity index (χ3n) is 4.39. The molecule has 2 aromatic carbocycles. The van der Waals surface area contributed by atoms with Gasteiger partial charge in [-0.05, 0) is 36.4 Å². The summed E-state index contributed by atoms with van der Waals surface area (Å²) in [5, 5.41) is 3.38. The first-order chi connectivity index (χ1) is 14.6. The molecule has 1 N–H and O–H groups in total. The molecule has 0 aliphatic rings. The molecular weight excluding hydrogens is 394 g/mol. The van der Waals surface area contributed by atoms with Gasteiger partial charge in [-0.3, -0.25) is 4.79 Å². The van der Waals surface area contributed by atoms with Gasteiger partial charge in [0.25, 0.3) is 5.91 Å². The van der Waals surface area contributed by atoms with E-state index in [-0.39, 0.29) is 5.91 Å². The molecule has 0 aliphatic heterocycles. The van der Waals surface area contributed by atoms with E-state index in [0.717, 1.165) is 16.2 Å². The molecule has 2 heterocycles. The average molecular weight is 418 g/mol. The lowest BCUT2D eigenvalue weighted by molar-refractivity contribution is 0.102. The minimum absolute atomic E-state index is 0.128. The maximum Gasteiger partial charge on any atom is 0.256 e. The van der Waals surface area contributed by atoms with Gasteiger partial charge in [0.15, 0.2) is 0 Å².